The van der Waals surface area contributed by atoms with Gasteiger partial charge in [0.1, 0.15) is 25.9 Å². The van der Waals surface area contributed by atoms with Crippen molar-refractivity contribution in [2.24, 2.45) is 0 Å². The summed E-state index contributed by atoms with van der Waals surface area (Å²) in [4.78, 5) is 23.5. The lowest BCUT2D eigenvalue weighted by molar-refractivity contribution is -0.870. The molecule has 214 valence electrons. The Morgan fingerprint density at radius 1 is 0.944 bits per heavy atom. The van der Waals surface area contributed by atoms with Gasteiger partial charge in [-0.05, 0) is 25.7 Å². The predicted molar refractivity (Wildman–Crippen MR) is 140 cm³/mol. The SMILES string of the molecule is CCCCCCCC/C=C\C(O)CCCCCCC(=O)OC[C@@H](O)COP(=O)([O-])OCC[N+](C)(C)C. The van der Waals surface area contributed by atoms with Crippen LogP contribution >= 0.6 is 7.82 Å². The third-order valence-electron chi connectivity index (χ3n) is 5.59. The van der Waals surface area contributed by atoms with Gasteiger partial charge in [0.2, 0.25) is 0 Å². The third kappa shape index (κ3) is 24.9. The summed E-state index contributed by atoms with van der Waals surface area (Å²) in [7, 11) is 1.19. The smallest absolute Gasteiger partial charge is 0.305 e. The first-order valence-corrected chi connectivity index (χ1v) is 15.0. The average Bonchev–Trinajstić information content (AvgIpc) is 2.79. The van der Waals surface area contributed by atoms with E-state index in [1.807, 2.05) is 27.2 Å². The highest BCUT2D eigenvalue weighted by Crippen LogP contribution is 2.38. The van der Waals surface area contributed by atoms with Crippen LogP contribution in [0.1, 0.15) is 90.4 Å². The van der Waals surface area contributed by atoms with Crippen molar-refractivity contribution in [3.8, 4) is 0 Å². The summed E-state index contributed by atoms with van der Waals surface area (Å²) < 4.78 is 26.6. The topological polar surface area (TPSA) is 125 Å². The number of rotatable bonds is 24. The maximum atomic E-state index is 11.8. The number of hydrogen-bond donors (Lipinski definition) is 2. The van der Waals surface area contributed by atoms with E-state index < -0.39 is 32.6 Å². The van der Waals surface area contributed by atoms with Crippen LogP contribution in [0.15, 0.2) is 12.2 Å². The highest BCUT2D eigenvalue weighted by atomic mass is 31.2. The lowest BCUT2D eigenvalue weighted by Crippen LogP contribution is -2.37. The normalized spacial score (nSPS) is 15.6. The molecule has 10 heteroatoms. The van der Waals surface area contributed by atoms with Crippen molar-refractivity contribution in [3.63, 3.8) is 0 Å². The van der Waals surface area contributed by atoms with E-state index in [0.717, 1.165) is 25.7 Å². The van der Waals surface area contributed by atoms with Crippen LogP contribution in [0.4, 0.5) is 0 Å². The largest absolute Gasteiger partial charge is 0.756 e. The van der Waals surface area contributed by atoms with Crippen molar-refractivity contribution in [2.45, 2.75) is 103 Å². The number of carbonyl (C=O) groups is 1. The van der Waals surface area contributed by atoms with Gasteiger partial charge in [-0.1, -0.05) is 70.4 Å². The molecule has 9 nitrogen and oxygen atoms in total. The minimum atomic E-state index is -4.51. The number of unbranched alkanes of at least 4 members (excludes halogenated alkanes) is 9. The maximum Gasteiger partial charge on any atom is 0.305 e. The fraction of sp³-hybridized carbons (Fsp3) is 0.885. The van der Waals surface area contributed by atoms with E-state index >= 15 is 0 Å². The van der Waals surface area contributed by atoms with Crippen LogP contribution in [0, 0.1) is 0 Å². The lowest BCUT2D eigenvalue weighted by atomic mass is 10.1. The van der Waals surface area contributed by atoms with Gasteiger partial charge in [0.05, 0.1) is 33.9 Å². The Labute approximate surface area is 219 Å². The first-order valence-electron chi connectivity index (χ1n) is 13.5. The number of aliphatic hydroxyl groups excluding tert-OH is 2. The van der Waals surface area contributed by atoms with Crippen molar-refractivity contribution in [3.05, 3.63) is 12.2 Å². The molecule has 0 aliphatic carbocycles. The number of carbonyl (C=O) groups excluding carboxylic acids is 1. The summed E-state index contributed by atoms with van der Waals surface area (Å²) in [6.45, 7) is 1.80. The maximum absolute atomic E-state index is 11.8. The van der Waals surface area contributed by atoms with Gasteiger partial charge in [0.25, 0.3) is 7.82 Å². The molecule has 0 spiro atoms. The van der Waals surface area contributed by atoms with Crippen LogP contribution in [0.2, 0.25) is 0 Å². The molecule has 3 atom stereocenters. The zero-order chi connectivity index (χ0) is 27.3. The van der Waals surface area contributed by atoms with E-state index in [9.17, 15) is 24.5 Å². The molecule has 0 aromatic rings. The molecule has 0 aromatic carbocycles. The Morgan fingerprint density at radius 2 is 1.58 bits per heavy atom. The van der Waals surface area contributed by atoms with E-state index in [1.165, 1.54) is 38.5 Å². The molecule has 0 saturated heterocycles. The van der Waals surface area contributed by atoms with Crippen LogP contribution in [0.5, 0.6) is 0 Å². The Hall–Kier alpha value is -0.800. The minimum absolute atomic E-state index is 0.0235. The molecular formula is C26H52NO8P. The highest BCUT2D eigenvalue weighted by Gasteiger charge is 2.16. The highest BCUT2D eigenvalue weighted by molar-refractivity contribution is 7.45. The molecule has 0 amide bonds. The summed E-state index contributed by atoms with van der Waals surface area (Å²) in [6, 6.07) is 0. The van der Waals surface area contributed by atoms with Crippen LogP contribution in [0.3, 0.4) is 0 Å². The van der Waals surface area contributed by atoms with Gasteiger partial charge in [0, 0.05) is 6.42 Å². The van der Waals surface area contributed by atoms with Gasteiger partial charge in [-0.25, -0.2) is 0 Å². The van der Waals surface area contributed by atoms with Gasteiger partial charge in [-0.15, -0.1) is 0 Å². The monoisotopic (exact) mass is 537 g/mol. The van der Waals surface area contributed by atoms with E-state index in [0.29, 0.717) is 23.9 Å². The van der Waals surface area contributed by atoms with E-state index in [4.69, 9.17) is 9.26 Å². The summed E-state index contributed by atoms with van der Waals surface area (Å²) in [5, 5.41) is 19.8. The minimum Gasteiger partial charge on any atom is -0.756 e. The molecule has 0 bridgehead atoms. The first-order chi connectivity index (χ1) is 16.9. The number of phosphoric ester groups is 1. The van der Waals surface area contributed by atoms with Gasteiger partial charge in [-0.3, -0.25) is 9.36 Å². The molecule has 0 heterocycles. The number of likely N-dealkylation sites (N-methyl/N-ethyl adjacent to an activating group) is 1. The van der Waals surface area contributed by atoms with Crippen LogP contribution in [-0.4, -0.2) is 80.4 Å². The molecule has 36 heavy (non-hydrogen) atoms. The number of esters is 1. The molecule has 0 saturated carbocycles. The summed E-state index contributed by atoms with van der Waals surface area (Å²) in [5.74, 6) is -0.448. The van der Waals surface area contributed by atoms with Crippen molar-refractivity contribution >= 4 is 13.8 Å². The fourth-order valence-electron chi connectivity index (χ4n) is 3.32. The second-order valence-corrected chi connectivity index (χ2v) is 11.8. The molecule has 2 unspecified atom stereocenters. The van der Waals surface area contributed by atoms with Gasteiger partial charge < -0.3 is 33.4 Å². The van der Waals surface area contributed by atoms with Crippen LogP contribution in [0.25, 0.3) is 0 Å². The summed E-state index contributed by atoms with van der Waals surface area (Å²) in [6.07, 6.45) is 15.2. The molecule has 0 aliphatic rings. The van der Waals surface area contributed by atoms with Crippen LogP contribution < -0.4 is 4.89 Å². The predicted octanol–water partition coefficient (Wildman–Crippen LogP) is 4.11. The molecule has 0 aromatic heterocycles. The Morgan fingerprint density at radius 3 is 2.28 bits per heavy atom. The zero-order valence-electron chi connectivity index (χ0n) is 23.1. The first kappa shape index (κ1) is 35.2. The third-order valence-corrected chi connectivity index (χ3v) is 6.55. The second-order valence-electron chi connectivity index (χ2n) is 10.4. The standard InChI is InChI=1S/C26H52NO8P/c1-5-6-7-8-9-10-11-14-17-24(28)18-15-12-13-16-19-26(30)33-22-25(29)23-35-36(31,32)34-21-20-27(2,3)4/h14,17,24-25,28-29H,5-13,15-16,18-23H2,1-4H3/b17-14-/t24?,25-/m1/s1. The fourth-order valence-corrected chi connectivity index (χ4v) is 4.05. The number of hydrogen-bond acceptors (Lipinski definition) is 8. The molecule has 0 fully saturated rings. The van der Waals surface area contributed by atoms with E-state index in [-0.39, 0.29) is 19.6 Å². The number of phosphoric acid groups is 1. The molecular weight excluding hydrogens is 485 g/mol. The number of aliphatic hydroxyl groups is 2. The number of quaternary nitrogens is 1. The van der Waals surface area contributed by atoms with Crippen LogP contribution in [-0.2, 0) is 23.1 Å². The second kappa shape index (κ2) is 21.2. The van der Waals surface area contributed by atoms with Crippen molar-refractivity contribution in [1.29, 1.82) is 0 Å². The average molecular weight is 538 g/mol. The summed E-state index contributed by atoms with van der Waals surface area (Å²) >= 11 is 0. The van der Waals surface area contributed by atoms with Crippen molar-refractivity contribution < 1.29 is 42.7 Å². The quantitative estimate of drug-likeness (QED) is 0.0620. The zero-order valence-corrected chi connectivity index (χ0v) is 24.0. The molecule has 0 aliphatic heterocycles. The van der Waals surface area contributed by atoms with E-state index in [2.05, 4.69) is 17.5 Å². The van der Waals surface area contributed by atoms with Crippen molar-refractivity contribution in [2.75, 3.05) is 47.5 Å². The Kier molecular flexibility index (Phi) is 20.7. The Bertz CT molecular complexity index is 624. The van der Waals surface area contributed by atoms with Gasteiger partial charge >= 0.3 is 5.97 Å². The molecule has 0 rings (SSSR count). The van der Waals surface area contributed by atoms with E-state index in [1.54, 1.807) is 0 Å². The van der Waals surface area contributed by atoms with Gasteiger partial charge in [0.15, 0.2) is 0 Å². The molecule has 2 N–H and O–H groups in total. The molecule has 0 radical (unpaired) electrons. The number of allylic oxidation sites excluding steroid dienone is 1. The number of ether oxygens (including phenoxy) is 1. The lowest BCUT2D eigenvalue weighted by Gasteiger charge is -2.27. The summed E-state index contributed by atoms with van der Waals surface area (Å²) in [5.41, 5.74) is 0. The van der Waals surface area contributed by atoms with Crippen molar-refractivity contribution in [1.82, 2.24) is 0 Å². The van der Waals surface area contributed by atoms with Gasteiger partial charge in [-0.2, -0.15) is 0 Å². The number of nitrogens with zero attached hydrogens (tertiary/aromatic N) is 1. The Balaban J connectivity index is 3.71.